The second kappa shape index (κ2) is 15.5. The standard InChI is InChI=1S/C28H41NO5/c1-3-28(33)34-22(17-16-21-12-8-7-9-13-21)18-19-24-23(25(30)20-26(24)31)14-10-5-6-11-15-27(32)29-4-2/h5,7-10,12-13,18-19,22-26,30-31H,3-4,6,11,14-17,20H2,1-2H3,(H,29,32)/t22-,23?,24+,25-,26+/m0/s1. The first-order chi connectivity index (χ1) is 16.4. The van der Waals surface area contributed by atoms with Gasteiger partial charge in [0.25, 0.3) is 0 Å². The summed E-state index contributed by atoms with van der Waals surface area (Å²) in [6, 6.07) is 10.1. The van der Waals surface area contributed by atoms with Crippen LogP contribution in [-0.2, 0) is 20.7 Å². The average Bonchev–Trinajstić information content (AvgIpc) is 3.10. The van der Waals surface area contributed by atoms with Gasteiger partial charge in [-0.15, -0.1) is 0 Å². The van der Waals surface area contributed by atoms with Crippen LogP contribution in [0.3, 0.4) is 0 Å². The van der Waals surface area contributed by atoms with E-state index in [0.29, 0.717) is 38.6 Å². The molecule has 1 amide bonds. The first-order valence-corrected chi connectivity index (χ1v) is 12.6. The molecule has 34 heavy (non-hydrogen) atoms. The number of aliphatic hydroxyl groups is 2. The van der Waals surface area contributed by atoms with Crippen molar-refractivity contribution in [1.82, 2.24) is 5.32 Å². The molecular weight excluding hydrogens is 430 g/mol. The summed E-state index contributed by atoms with van der Waals surface area (Å²) in [7, 11) is 0. The lowest BCUT2D eigenvalue weighted by molar-refractivity contribution is -0.146. The van der Waals surface area contributed by atoms with Crippen LogP contribution >= 0.6 is 0 Å². The number of unbranched alkanes of at least 4 members (excludes halogenated alkanes) is 1. The van der Waals surface area contributed by atoms with Gasteiger partial charge in [0.05, 0.1) is 12.2 Å². The Labute approximate surface area is 204 Å². The van der Waals surface area contributed by atoms with Crippen molar-refractivity contribution in [1.29, 1.82) is 0 Å². The van der Waals surface area contributed by atoms with Crippen LogP contribution in [0.4, 0.5) is 0 Å². The summed E-state index contributed by atoms with van der Waals surface area (Å²) in [5, 5.41) is 23.8. The fourth-order valence-electron chi connectivity index (χ4n) is 4.40. The molecule has 1 aromatic carbocycles. The van der Waals surface area contributed by atoms with Crippen molar-refractivity contribution < 1.29 is 24.5 Å². The van der Waals surface area contributed by atoms with E-state index < -0.39 is 12.2 Å². The number of hydrogen-bond donors (Lipinski definition) is 3. The molecule has 1 saturated carbocycles. The SMILES string of the molecule is CCNC(=O)CCCC=CCC1[C@@H](C=C[C@H](CCc2ccccc2)OC(=O)CC)[C@H](O)C[C@@H]1O. The van der Waals surface area contributed by atoms with Gasteiger partial charge in [0.2, 0.25) is 5.91 Å². The highest BCUT2D eigenvalue weighted by atomic mass is 16.5. The van der Waals surface area contributed by atoms with E-state index in [9.17, 15) is 19.8 Å². The first-order valence-electron chi connectivity index (χ1n) is 12.6. The van der Waals surface area contributed by atoms with Crippen molar-refractivity contribution >= 4 is 11.9 Å². The number of amides is 1. The van der Waals surface area contributed by atoms with E-state index >= 15 is 0 Å². The zero-order valence-electron chi connectivity index (χ0n) is 20.6. The number of esters is 1. The summed E-state index contributed by atoms with van der Waals surface area (Å²) in [5.74, 6) is -0.472. The number of carbonyl (C=O) groups is 2. The fraction of sp³-hybridized carbons (Fsp3) is 0.571. The number of hydrogen-bond acceptors (Lipinski definition) is 5. The van der Waals surface area contributed by atoms with E-state index in [1.165, 1.54) is 5.56 Å². The van der Waals surface area contributed by atoms with Crippen LogP contribution in [-0.4, -0.2) is 46.9 Å². The summed E-state index contributed by atoms with van der Waals surface area (Å²) in [4.78, 5) is 23.4. The summed E-state index contributed by atoms with van der Waals surface area (Å²) < 4.78 is 5.62. The quantitative estimate of drug-likeness (QED) is 0.216. The minimum absolute atomic E-state index is 0.0704. The lowest BCUT2D eigenvalue weighted by Crippen LogP contribution is -2.22. The zero-order valence-corrected chi connectivity index (χ0v) is 20.6. The lowest BCUT2D eigenvalue weighted by Gasteiger charge is -2.21. The number of carbonyl (C=O) groups excluding carboxylic acids is 2. The maximum Gasteiger partial charge on any atom is 0.306 e. The molecule has 0 radical (unpaired) electrons. The molecule has 1 fully saturated rings. The third-order valence-corrected chi connectivity index (χ3v) is 6.32. The number of nitrogens with one attached hydrogen (secondary N) is 1. The van der Waals surface area contributed by atoms with Crippen LogP contribution in [0.25, 0.3) is 0 Å². The molecule has 0 saturated heterocycles. The largest absolute Gasteiger partial charge is 0.458 e. The van der Waals surface area contributed by atoms with E-state index in [1.54, 1.807) is 6.92 Å². The Hall–Kier alpha value is -2.44. The van der Waals surface area contributed by atoms with Crippen molar-refractivity contribution in [3.05, 3.63) is 60.2 Å². The minimum atomic E-state index is -0.626. The lowest BCUT2D eigenvalue weighted by atomic mass is 9.89. The third-order valence-electron chi connectivity index (χ3n) is 6.32. The summed E-state index contributed by atoms with van der Waals surface area (Å²) in [6.07, 6.45) is 11.2. The molecule has 0 spiro atoms. The van der Waals surface area contributed by atoms with Gasteiger partial charge < -0.3 is 20.3 Å². The highest BCUT2D eigenvalue weighted by Crippen LogP contribution is 2.36. The van der Waals surface area contributed by atoms with Crippen LogP contribution in [0.15, 0.2) is 54.6 Å². The normalized spacial score (nSPS) is 23.4. The number of aryl methyl sites for hydroxylation is 1. The summed E-state index contributed by atoms with van der Waals surface area (Å²) in [5.41, 5.74) is 1.18. The van der Waals surface area contributed by atoms with Crippen LogP contribution in [0.5, 0.6) is 0 Å². The first kappa shape index (κ1) is 27.8. The molecule has 1 aliphatic rings. The molecule has 0 bridgehead atoms. The van der Waals surface area contributed by atoms with E-state index in [0.717, 1.165) is 19.3 Å². The Morgan fingerprint density at radius 1 is 1.15 bits per heavy atom. The van der Waals surface area contributed by atoms with Crippen molar-refractivity contribution in [3.8, 4) is 0 Å². The van der Waals surface area contributed by atoms with Gasteiger partial charge in [0, 0.05) is 31.7 Å². The van der Waals surface area contributed by atoms with Crippen molar-refractivity contribution in [3.63, 3.8) is 0 Å². The highest BCUT2D eigenvalue weighted by Gasteiger charge is 2.39. The van der Waals surface area contributed by atoms with Crippen LogP contribution in [0.2, 0.25) is 0 Å². The second-order valence-electron chi connectivity index (χ2n) is 8.96. The maximum absolute atomic E-state index is 11.9. The van der Waals surface area contributed by atoms with Crippen LogP contribution in [0.1, 0.15) is 64.4 Å². The molecule has 0 heterocycles. The van der Waals surface area contributed by atoms with Crippen LogP contribution < -0.4 is 5.32 Å². The molecule has 188 valence electrons. The number of allylic oxidation sites excluding steroid dienone is 2. The molecule has 5 atom stereocenters. The molecule has 3 N–H and O–H groups in total. The molecular formula is C28H41NO5. The molecule has 1 aromatic rings. The van der Waals surface area contributed by atoms with Gasteiger partial charge in [-0.1, -0.05) is 55.5 Å². The van der Waals surface area contributed by atoms with Gasteiger partial charge in [0.1, 0.15) is 6.10 Å². The van der Waals surface area contributed by atoms with Gasteiger partial charge >= 0.3 is 5.97 Å². The average molecular weight is 472 g/mol. The van der Waals surface area contributed by atoms with Gasteiger partial charge in [-0.2, -0.15) is 0 Å². The van der Waals surface area contributed by atoms with Gasteiger partial charge in [-0.05, 0) is 56.6 Å². The van der Waals surface area contributed by atoms with Crippen molar-refractivity contribution in [2.45, 2.75) is 83.5 Å². The van der Waals surface area contributed by atoms with E-state index in [-0.39, 0.29) is 29.8 Å². The smallest absolute Gasteiger partial charge is 0.306 e. The Balaban J connectivity index is 1.93. The molecule has 2 rings (SSSR count). The Kier molecular flexibility index (Phi) is 12.6. The predicted octanol–water partition coefficient (Wildman–Crippen LogP) is 4.11. The molecule has 0 aromatic heterocycles. The molecule has 1 unspecified atom stereocenters. The zero-order chi connectivity index (χ0) is 24.8. The summed E-state index contributed by atoms with van der Waals surface area (Å²) >= 11 is 0. The predicted molar refractivity (Wildman–Crippen MR) is 134 cm³/mol. The fourth-order valence-corrected chi connectivity index (χ4v) is 4.40. The monoisotopic (exact) mass is 471 g/mol. The number of benzene rings is 1. The summed E-state index contributed by atoms with van der Waals surface area (Å²) in [6.45, 7) is 4.33. The van der Waals surface area contributed by atoms with Crippen LogP contribution in [0, 0.1) is 11.8 Å². The minimum Gasteiger partial charge on any atom is -0.458 e. The topological polar surface area (TPSA) is 95.9 Å². The van der Waals surface area contributed by atoms with Gasteiger partial charge in [0.15, 0.2) is 0 Å². The number of ether oxygens (including phenoxy) is 1. The van der Waals surface area contributed by atoms with E-state index in [2.05, 4.69) is 17.4 Å². The third kappa shape index (κ3) is 9.82. The highest BCUT2D eigenvalue weighted by molar-refractivity contribution is 5.75. The maximum atomic E-state index is 11.9. The number of rotatable bonds is 14. The molecule has 6 heteroatoms. The molecule has 0 aliphatic heterocycles. The molecule has 1 aliphatic carbocycles. The Morgan fingerprint density at radius 3 is 2.62 bits per heavy atom. The Bertz CT molecular complexity index is 791. The van der Waals surface area contributed by atoms with Crippen molar-refractivity contribution in [2.24, 2.45) is 11.8 Å². The van der Waals surface area contributed by atoms with Gasteiger partial charge in [-0.25, -0.2) is 0 Å². The number of aliphatic hydroxyl groups excluding tert-OH is 2. The second-order valence-corrected chi connectivity index (χ2v) is 8.96. The Morgan fingerprint density at radius 2 is 1.91 bits per heavy atom. The van der Waals surface area contributed by atoms with Crippen molar-refractivity contribution in [2.75, 3.05) is 6.54 Å². The van der Waals surface area contributed by atoms with E-state index in [1.807, 2.05) is 49.4 Å². The van der Waals surface area contributed by atoms with E-state index in [4.69, 9.17) is 4.74 Å². The van der Waals surface area contributed by atoms with Gasteiger partial charge in [-0.3, -0.25) is 9.59 Å². The molecule has 6 nitrogen and oxygen atoms in total.